The topological polar surface area (TPSA) is 3.01 Å². The summed E-state index contributed by atoms with van der Waals surface area (Å²) < 4.78 is 2.49. The molecule has 20 heavy (non-hydrogen) atoms. The fourth-order valence-electron chi connectivity index (χ4n) is 2.88. The van der Waals surface area contributed by atoms with Gasteiger partial charge >= 0.3 is 0 Å². The molecule has 0 spiro atoms. The van der Waals surface area contributed by atoms with Crippen LogP contribution in [0.1, 0.15) is 29.2 Å². The Hall–Kier alpha value is -1.41. The van der Waals surface area contributed by atoms with Gasteiger partial charge in [-0.15, -0.1) is 0 Å². The molecule has 104 valence electrons. The monoisotopic (exact) mass is 329 g/mol. The number of hydrogen-bond acceptors (Lipinski definition) is 0. The van der Waals surface area contributed by atoms with Crippen LogP contribution in [0.4, 0.5) is 0 Å². The van der Waals surface area contributed by atoms with Gasteiger partial charge in [-0.2, -0.15) is 0 Å². The number of rotatable bonds is 2. The van der Waals surface area contributed by atoms with Crippen molar-refractivity contribution < 1.29 is 21.6 Å². The minimum Gasteiger partial charge on any atom is -1.00 e. The first-order valence-corrected chi connectivity index (χ1v) is 6.96. The van der Waals surface area contributed by atoms with Crippen molar-refractivity contribution in [3.05, 3.63) is 70.8 Å². The molecule has 1 aliphatic rings. The summed E-state index contributed by atoms with van der Waals surface area (Å²) in [5.74, 6) is 0. The SMILES string of the molecule is CC1=[N+](Cc2ccccc2)CCc2cc(C)ccc21.[Br-]. The van der Waals surface area contributed by atoms with Crippen molar-refractivity contribution >= 4 is 5.71 Å². The van der Waals surface area contributed by atoms with Crippen LogP contribution in [0, 0.1) is 6.92 Å². The van der Waals surface area contributed by atoms with Crippen LogP contribution in [-0.2, 0) is 13.0 Å². The minimum atomic E-state index is 0. The third kappa shape index (κ3) is 3.01. The van der Waals surface area contributed by atoms with E-state index in [1.807, 2.05) is 0 Å². The molecule has 2 heteroatoms. The summed E-state index contributed by atoms with van der Waals surface area (Å²) >= 11 is 0. The fourth-order valence-corrected chi connectivity index (χ4v) is 2.88. The van der Waals surface area contributed by atoms with Gasteiger partial charge in [-0.25, -0.2) is 4.58 Å². The lowest BCUT2D eigenvalue weighted by Crippen LogP contribution is -3.00. The predicted octanol–water partition coefficient (Wildman–Crippen LogP) is 0.577. The van der Waals surface area contributed by atoms with E-state index >= 15 is 0 Å². The summed E-state index contributed by atoms with van der Waals surface area (Å²) in [7, 11) is 0. The van der Waals surface area contributed by atoms with Crippen LogP contribution in [0.25, 0.3) is 0 Å². The molecule has 0 unspecified atom stereocenters. The summed E-state index contributed by atoms with van der Waals surface area (Å²) in [6.07, 6.45) is 1.15. The van der Waals surface area contributed by atoms with Crippen molar-refractivity contribution in [2.75, 3.05) is 6.54 Å². The van der Waals surface area contributed by atoms with Gasteiger partial charge in [0.1, 0.15) is 6.54 Å². The van der Waals surface area contributed by atoms with Crippen molar-refractivity contribution in [1.29, 1.82) is 0 Å². The minimum absolute atomic E-state index is 0. The van der Waals surface area contributed by atoms with E-state index in [1.54, 1.807) is 0 Å². The Labute approximate surface area is 131 Å². The van der Waals surface area contributed by atoms with Gasteiger partial charge in [-0.1, -0.05) is 48.0 Å². The Morgan fingerprint density at radius 3 is 2.50 bits per heavy atom. The molecule has 0 N–H and O–H groups in total. The zero-order valence-electron chi connectivity index (χ0n) is 12.1. The largest absolute Gasteiger partial charge is 1.00 e. The smallest absolute Gasteiger partial charge is 0.180 e. The molecule has 0 atom stereocenters. The zero-order valence-corrected chi connectivity index (χ0v) is 13.7. The molecule has 0 saturated heterocycles. The van der Waals surface area contributed by atoms with Crippen LogP contribution in [0.15, 0.2) is 48.5 Å². The Kier molecular flexibility index (Phi) is 4.77. The molecule has 0 radical (unpaired) electrons. The maximum atomic E-state index is 2.49. The number of benzene rings is 2. The molecule has 0 aliphatic carbocycles. The van der Waals surface area contributed by atoms with Crippen molar-refractivity contribution in [2.45, 2.75) is 26.8 Å². The molecule has 0 aromatic heterocycles. The van der Waals surface area contributed by atoms with Crippen molar-refractivity contribution in [3.8, 4) is 0 Å². The number of halogens is 1. The van der Waals surface area contributed by atoms with Gasteiger partial charge in [-0.3, -0.25) is 0 Å². The third-order valence-corrected chi connectivity index (χ3v) is 3.99. The quantitative estimate of drug-likeness (QED) is 0.709. The molecular formula is C18H20BrN. The average molecular weight is 330 g/mol. The van der Waals surface area contributed by atoms with E-state index in [1.165, 1.54) is 28.0 Å². The second-order valence-corrected chi connectivity index (χ2v) is 5.40. The van der Waals surface area contributed by atoms with E-state index in [0.717, 1.165) is 19.5 Å². The molecule has 3 rings (SSSR count). The van der Waals surface area contributed by atoms with Gasteiger partial charge in [0, 0.05) is 24.5 Å². The van der Waals surface area contributed by atoms with E-state index in [0.29, 0.717) is 0 Å². The standard InChI is InChI=1S/C18H20N.BrH/c1-14-8-9-18-15(2)19(11-10-17(18)12-14)13-16-6-4-3-5-7-16;/h3-9,12H,10-11,13H2,1-2H3;1H/q+1;/p-1. The summed E-state index contributed by atoms with van der Waals surface area (Å²) in [6.45, 7) is 6.55. The van der Waals surface area contributed by atoms with Crippen molar-refractivity contribution in [1.82, 2.24) is 0 Å². The van der Waals surface area contributed by atoms with E-state index in [4.69, 9.17) is 0 Å². The van der Waals surface area contributed by atoms with Crippen molar-refractivity contribution in [2.24, 2.45) is 0 Å². The van der Waals surface area contributed by atoms with Crippen molar-refractivity contribution in [3.63, 3.8) is 0 Å². The van der Waals surface area contributed by atoms with Gasteiger partial charge in [-0.05, 0) is 18.6 Å². The zero-order chi connectivity index (χ0) is 13.2. The molecule has 0 saturated carbocycles. The van der Waals surface area contributed by atoms with Crippen LogP contribution >= 0.6 is 0 Å². The molecule has 0 fully saturated rings. The molecule has 2 aromatic rings. The Balaban J connectivity index is 0.00000147. The maximum absolute atomic E-state index is 2.49. The van der Waals surface area contributed by atoms with Crippen LogP contribution in [0.3, 0.4) is 0 Å². The highest BCUT2D eigenvalue weighted by Crippen LogP contribution is 2.18. The molecule has 0 amide bonds. The average Bonchev–Trinajstić information content (AvgIpc) is 2.43. The second-order valence-electron chi connectivity index (χ2n) is 5.40. The van der Waals surface area contributed by atoms with Crippen LogP contribution < -0.4 is 17.0 Å². The normalized spacial score (nSPS) is 13.7. The number of fused-ring (bicyclic) bond motifs is 1. The highest BCUT2D eigenvalue weighted by molar-refractivity contribution is 5.96. The molecular weight excluding hydrogens is 310 g/mol. The lowest BCUT2D eigenvalue weighted by atomic mass is 9.95. The number of hydrogen-bond donors (Lipinski definition) is 0. The van der Waals surface area contributed by atoms with E-state index in [-0.39, 0.29) is 17.0 Å². The van der Waals surface area contributed by atoms with Crippen LogP contribution in [0.5, 0.6) is 0 Å². The first kappa shape index (κ1) is 15.0. The van der Waals surface area contributed by atoms with Gasteiger partial charge < -0.3 is 17.0 Å². The van der Waals surface area contributed by atoms with E-state index in [2.05, 4.69) is 67.0 Å². The highest BCUT2D eigenvalue weighted by atomic mass is 79.9. The molecule has 1 aliphatic heterocycles. The molecule has 1 nitrogen and oxygen atoms in total. The molecule has 1 heterocycles. The number of nitrogens with zero attached hydrogens (tertiary/aromatic N) is 1. The Bertz CT molecular complexity index is 629. The molecule has 0 bridgehead atoms. The first-order chi connectivity index (χ1) is 9.24. The third-order valence-electron chi connectivity index (χ3n) is 3.99. The predicted molar refractivity (Wildman–Crippen MR) is 79.9 cm³/mol. The van der Waals surface area contributed by atoms with E-state index < -0.39 is 0 Å². The van der Waals surface area contributed by atoms with Gasteiger partial charge in [0.15, 0.2) is 12.3 Å². The lowest BCUT2D eigenvalue weighted by molar-refractivity contribution is -0.545. The number of aryl methyl sites for hydroxylation is 1. The fraction of sp³-hybridized carbons (Fsp3) is 0.278. The summed E-state index contributed by atoms with van der Waals surface area (Å²) in [5.41, 5.74) is 7.08. The van der Waals surface area contributed by atoms with Gasteiger partial charge in [0.2, 0.25) is 0 Å². The van der Waals surface area contributed by atoms with Gasteiger partial charge in [0.25, 0.3) is 0 Å². The lowest BCUT2D eigenvalue weighted by Gasteiger charge is -2.17. The summed E-state index contributed by atoms with van der Waals surface area (Å²) in [4.78, 5) is 0. The first-order valence-electron chi connectivity index (χ1n) is 6.96. The Morgan fingerprint density at radius 2 is 1.75 bits per heavy atom. The maximum Gasteiger partial charge on any atom is 0.180 e. The van der Waals surface area contributed by atoms with E-state index in [9.17, 15) is 0 Å². The second kappa shape index (κ2) is 6.36. The molecule has 2 aromatic carbocycles. The van der Waals surface area contributed by atoms with Crippen LogP contribution in [0.2, 0.25) is 0 Å². The summed E-state index contributed by atoms with van der Waals surface area (Å²) in [6, 6.07) is 17.5. The Morgan fingerprint density at radius 1 is 1.00 bits per heavy atom. The highest BCUT2D eigenvalue weighted by Gasteiger charge is 2.21. The summed E-state index contributed by atoms with van der Waals surface area (Å²) in [5, 5.41) is 0. The van der Waals surface area contributed by atoms with Crippen LogP contribution in [-0.4, -0.2) is 16.8 Å². The van der Waals surface area contributed by atoms with Gasteiger partial charge in [0.05, 0.1) is 0 Å².